The number of hydrogen-bond acceptors (Lipinski definition) is 4. The predicted octanol–water partition coefficient (Wildman–Crippen LogP) is 4.92. The topological polar surface area (TPSA) is 57.7 Å². The molecule has 0 saturated carbocycles. The Balaban J connectivity index is 1.50. The van der Waals surface area contributed by atoms with Gasteiger partial charge in [0.25, 0.3) is 0 Å². The Morgan fingerprint density at radius 2 is 1.69 bits per heavy atom. The number of thiophene rings is 1. The van der Waals surface area contributed by atoms with E-state index in [0.717, 1.165) is 41.6 Å². The Labute approximate surface area is 196 Å². The van der Waals surface area contributed by atoms with E-state index in [1.807, 2.05) is 27.7 Å². The van der Waals surface area contributed by atoms with E-state index in [0.29, 0.717) is 30.8 Å². The van der Waals surface area contributed by atoms with Gasteiger partial charge in [-0.2, -0.15) is 4.31 Å². The maximum absolute atomic E-state index is 13.5. The molecule has 1 unspecified atom stereocenters. The fourth-order valence-electron chi connectivity index (χ4n) is 5.37. The zero-order valence-electron chi connectivity index (χ0n) is 19.8. The Bertz CT molecular complexity index is 1100. The molecular weight excluding hydrogens is 440 g/mol. The van der Waals surface area contributed by atoms with Crippen LogP contribution in [0.3, 0.4) is 0 Å². The van der Waals surface area contributed by atoms with Crippen molar-refractivity contribution in [2.24, 2.45) is 5.92 Å². The van der Waals surface area contributed by atoms with Crippen molar-refractivity contribution < 1.29 is 13.2 Å². The summed E-state index contributed by atoms with van der Waals surface area (Å²) in [6.07, 6.45) is 3.01. The number of fused-ring (bicyclic) bond motifs is 1. The maximum Gasteiger partial charge on any atom is 0.243 e. The Kier molecular flexibility index (Phi) is 6.54. The molecule has 7 heteroatoms. The highest BCUT2D eigenvalue weighted by atomic mass is 32.2. The van der Waals surface area contributed by atoms with Crippen molar-refractivity contribution >= 4 is 27.3 Å². The van der Waals surface area contributed by atoms with Crippen LogP contribution in [0.15, 0.2) is 22.4 Å². The number of aryl methyl sites for hydroxylation is 2. The molecule has 1 aromatic heterocycles. The molecule has 2 aromatic rings. The number of hydrogen-bond donors (Lipinski definition) is 0. The first-order chi connectivity index (χ1) is 15.2. The molecule has 1 fully saturated rings. The van der Waals surface area contributed by atoms with Gasteiger partial charge in [-0.1, -0.05) is 13.0 Å². The van der Waals surface area contributed by atoms with Crippen LogP contribution in [0.1, 0.15) is 64.9 Å². The molecular formula is C25H34N2O3S2. The van der Waals surface area contributed by atoms with Crippen molar-refractivity contribution in [2.45, 2.75) is 71.2 Å². The van der Waals surface area contributed by atoms with Crippen molar-refractivity contribution in [2.75, 3.05) is 19.6 Å². The highest BCUT2D eigenvalue weighted by Crippen LogP contribution is 2.37. The molecule has 0 spiro atoms. The molecule has 0 N–H and O–H groups in total. The number of sulfonamides is 1. The van der Waals surface area contributed by atoms with Crippen LogP contribution >= 0.6 is 11.3 Å². The summed E-state index contributed by atoms with van der Waals surface area (Å²) in [5, 5.41) is 2.13. The van der Waals surface area contributed by atoms with Gasteiger partial charge >= 0.3 is 0 Å². The summed E-state index contributed by atoms with van der Waals surface area (Å²) in [6.45, 7) is 11.4. The first-order valence-corrected chi connectivity index (χ1v) is 13.9. The van der Waals surface area contributed by atoms with E-state index in [1.165, 1.54) is 10.4 Å². The Morgan fingerprint density at radius 3 is 2.28 bits per heavy atom. The van der Waals surface area contributed by atoms with Gasteiger partial charge in [0.15, 0.2) is 0 Å². The van der Waals surface area contributed by atoms with Crippen LogP contribution in [0.2, 0.25) is 0 Å². The molecule has 1 amide bonds. The second kappa shape index (κ2) is 8.92. The normalized spacial score (nSPS) is 20.4. The van der Waals surface area contributed by atoms with Crippen molar-refractivity contribution in [1.82, 2.24) is 9.21 Å². The van der Waals surface area contributed by atoms with Crippen LogP contribution in [-0.2, 0) is 21.2 Å². The van der Waals surface area contributed by atoms with Gasteiger partial charge < -0.3 is 4.90 Å². The van der Waals surface area contributed by atoms with E-state index in [4.69, 9.17) is 0 Å². The first kappa shape index (κ1) is 23.5. The third-order valence-corrected chi connectivity index (χ3v) is 10.6. The van der Waals surface area contributed by atoms with Gasteiger partial charge in [-0.15, -0.1) is 11.3 Å². The second-order valence-corrected chi connectivity index (χ2v) is 12.1. The lowest BCUT2D eigenvalue weighted by Gasteiger charge is -2.39. The average Bonchev–Trinajstić information content (AvgIpc) is 3.25. The zero-order valence-corrected chi connectivity index (χ0v) is 21.4. The average molecular weight is 475 g/mol. The number of carbonyl (C=O) groups excluding carboxylic acids is 1. The lowest BCUT2D eigenvalue weighted by atomic mass is 9.92. The van der Waals surface area contributed by atoms with Crippen molar-refractivity contribution in [3.8, 4) is 0 Å². The van der Waals surface area contributed by atoms with Crippen LogP contribution in [0.25, 0.3) is 0 Å². The molecule has 2 aliphatic rings. The fraction of sp³-hybridized carbons (Fsp3) is 0.560. The molecule has 4 rings (SSSR count). The fourth-order valence-corrected chi connectivity index (χ4v) is 8.35. The smallest absolute Gasteiger partial charge is 0.243 e. The summed E-state index contributed by atoms with van der Waals surface area (Å²) < 4.78 is 28.7. The predicted molar refractivity (Wildman–Crippen MR) is 130 cm³/mol. The van der Waals surface area contributed by atoms with E-state index in [9.17, 15) is 13.2 Å². The lowest BCUT2D eigenvalue weighted by Crippen LogP contribution is -2.47. The molecule has 1 saturated heterocycles. The Hall–Kier alpha value is -1.70. The number of piperidine rings is 1. The van der Waals surface area contributed by atoms with Gasteiger partial charge in [-0.3, -0.25) is 4.79 Å². The third kappa shape index (κ3) is 3.93. The minimum Gasteiger partial charge on any atom is -0.335 e. The van der Waals surface area contributed by atoms with Crippen molar-refractivity contribution in [3.63, 3.8) is 0 Å². The quantitative estimate of drug-likeness (QED) is 0.632. The van der Waals surface area contributed by atoms with Crippen LogP contribution in [-0.4, -0.2) is 43.2 Å². The van der Waals surface area contributed by atoms with E-state index >= 15 is 0 Å². The molecule has 0 bridgehead atoms. The zero-order chi connectivity index (χ0) is 23.2. The van der Waals surface area contributed by atoms with Crippen LogP contribution in [0.4, 0.5) is 0 Å². The number of rotatable bonds is 4. The second-order valence-electron chi connectivity index (χ2n) is 9.27. The van der Waals surface area contributed by atoms with Gasteiger partial charge in [0.2, 0.25) is 15.9 Å². The number of benzene rings is 1. The minimum absolute atomic E-state index is 0.0999. The molecule has 0 aliphatic carbocycles. The van der Waals surface area contributed by atoms with Gasteiger partial charge in [0, 0.05) is 30.4 Å². The summed E-state index contributed by atoms with van der Waals surface area (Å²) >= 11 is 1.79. The molecule has 5 nitrogen and oxygen atoms in total. The van der Waals surface area contributed by atoms with E-state index in [1.54, 1.807) is 15.6 Å². The number of nitrogens with zero attached hydrogens (tertiary/aromatic N) is 2. The molecule has 1 atom stereocenters. The number of amides is 1. The SMILES string of the molecule is CCC1c2ccsc2CCN1C(=O)C1CCN(S(=O)(=O)c2c(C)c(C)cc(C)c2C)CC1. The molecule has 1 aromatic carbocycles. The standard InChI is InChI=1S/C25H34N2O3S2/c1-6-22-21-10-14-31-23(21)9-13-27(22)25(28)20-7-11-26(12-8-20)32(29,30)24-18(4)16(2)15-17(3)19(24)5/h10,14-15,20,22H,6-9,11-13H2,1-5H3. The minimum atomic E-state index is -3.58. The summed E-state index contributed by atoms with van der Waals surface area (Å²) in [5.41, 5.74) is 4.97. The number of carbonyl (C=O) groups is 1. The first-order valence-electron chi connectivity index (χ1n) is 11.6. The lowest BCUT2D eigenvalue weighted by molar-refractivity contribution is -0.139. The summed E-state index contributed by atoms with van der Waals surface area (Å²) in [6, 6.07) is 4.37. The molecule has 174 valence electrons. The van der Waals surface area contributed by atoms with Gasteiger partial charge in [0.05, 0.1) is 10.9 Å². The van der Waals surface area contributed by atoms with Crippen molar-refractivity contribution in [1.29, 1.82) is 0 Å². The van der Waals surface area contributed by atoms with Gasteiger partial charge in [0.1, 0.15) is 0 Å². The highest BCUT2D eigenvalue weighted by Gasteiger charge is 2.38. The summed E-state index contributed by atoms with van der Waals surface area (Å²) in [5.74, 6) is 0.0987. The molecule has 3 heterocycles. The van der Waals surface area contributed by atoms with E-state index in [-0.39, 0.29) is 17.9 Å². The van der Waals surface area contributed by atoms with Gasteiger partial charge in [-0.05, 0) is 92.6 Å². The Morgan fingerprint density at radius 1 is 1.06 bits per heavy atom. The van der Waals surface area contributed by atoms with E-state index < -0.39 is 10.0 Å². The maximum atomic E-state index is 13.5. The van der Waals surface area contributed by atoms with Crippen LogP contribution in [0.5, 0.6) is 0 Å². The monoisotopic (exact) mass is 474 g/mol. The molecule has 2 aliphatic heterocycles. The van der Waals surface area contributed by atoms with Crippen molar-refractivity contribution in [3.05, 3.63) is 50.2 Å². The summed E-state index contributed by atoms with van der Waals surface area (Å²) in [4.78, 5) is 17.4. The largest absolute Gasteiger partial charge is 0.335 e. The van der Waals surface area contributed by atoms with E-state index in [2.05, 4.69) is 29.3 Å². The third-order valence-electron chi connectivity index (χ3n) is 7.46. The highest BCUT2D eigenvalue weighted by molar-refractivity contribution is 7.89. The molecule has 0 radical (unpaired) electrons. The van der Waals surface area contributed by atoms with Crippen LogP contribution < -0.4 is 0 Å². The van der Waals surface area contributed by atoms with Gasteiger partial charge in [-0.25, -0.2) is 8.42 Å². The van der Waals surface area contributed by atoms with Crippen LogP contribution in [0, 0.1) is 33.6 Å². The summed E-state index contributed by atoms with van der Waals surface area (Å²) in [7, 11) is -3.58. The molecule has 32 heavy (non-hydrogen) atoms.